The molecule has 1 heterocycles. The van der Waals surface area contributed by atoms with Gasteiger partial charge in [-0.25, -0.2) is 4.98 Å². The maximum absolute atomic E-state index is 11.9. The molecule has 0 radical (unpaired) electrons. The summed E-state index contributed by atoms with van der Waals surface area (Å²) in [7, 11) is 0. The molecule has 2 N–H and O–H groups in total. The number of aromatic hydroxyl groups is 1. The Balaban J connectivity index is 1.97. The van der Waals surface area contributed by atoms with E-state index in [4.69, 9.17) is 4.74 Å². The van der Waals surface area contributed by atoms with Crippen molar-refractivity contribution in [2.75, 3.05) is 11.9 Å². The van der Waals surface area contributed by atoms with Gasteiger partial charge in [0, 0.05) is 10.9 Å². The van der Waals surface area contributed by atoms with Crippen molar-refractivity contribution in [1.29, 1.82) is 0 Å². The molecule has 7 heteroatoms. The third-order valence-corrected chi connectivity index (χ3v) is 3.34. The number of anilines is 1. The van der Waals surface area contributed by atoms with Gasteiger partial charge in [0.15, 0.2) is 5.13 Å². The van der Waals surface area contributed by atoms with E-state index in [2.05, 4.69) is 10.3 Å². The highest BCUT2D eigenvalue weighted by molar-refractivity contribution is 7.14. The smallest absolute Gasteiger partial charge is 0.311 e. The molecule has 2 rings (SSSR count). The number of esters is 1. The first-order chi connectivity index (χ1) is 10.1. The molecule has 1 aromatic carbocycles. The van der Waals surface area contributed by atoms with E-state index in [0.29, 0.717) is 23.0 Å². The molecule has 0 unspecified atom stereocenters. The summed E-state index contributed by atoms with van der Waals surface area (Å²) in [5.41, 5.74) is 0.967. The average molecular weight is 306 g/mol. The molecule has 0 aliphatic rings. The monoisotopic (exact) mass is 306 g/mol. The largest absolute Gasteiger partial charge is 0.508 e. The SMILES string of the molecule is CCOC(=O)Cc1csc(NC(=O)c2ccc(O)cc2)n1. The highest BCUT2D eigenvalue weighted by Gasteiger charge is 2.11. The molecule has 0 atom stereocenters. The lowest BCUT2D eigenvalue weighted by molar-refractivity contribution is -0.142. The van der Waals surface area contributed by atoms with Gasteiger partial charge in [-0.3, -0.25) is 14.9 Å². The summed E-state index contributed by atoms with van der Waals surface area (Å²) in [6.07, 6.45) is 0.0828. The second kappa shape index (κ2) is 6.85. The number of ether oxygens (including phenoxy) is 1. The van der Waals surface area contributed by atoms with E-state index in [0.717, 1.165) is 0 Å². The lowest BCUT2D eigenvalue weighted by atomic mass is 10.2. The minimum atomic E-state index is -0.348. The third kappa shape index (κ3) is 4.28. The van der Waals surface area contributed by atoms with Crippen LogP contribution in [0.4, 0.5) is 5.13 Å². The van der Waals surface area contributed by atoms with E-state index in [9.17, 15) is 14.7 Å². The van der Waals surface area contributed by atoms with Crippen LogP contribution in [0.5, 0.6) is 5.75 Å². The predicted octanol–water partition coefficient (Wildman–Crippen LogP) is 2.21. The number of hydrogen-bond donors (Lipinski definition) is 2. The predicted molar refractivity (Wildman–Crippen MR) is 78.5 cm³/mol. The van der Waals surface area contributed by atoms with E-state index in [-0.39, 0.29) is 24.0 Å². The van der Waals surface area contributed by atoms with Crippen molar-refractivity contribution in [2.24, 2.45) is 0 Å². The van der Waals surface area contributed by atoms with E-state index in [1.165, 1.54) is 35.6 Å². The van der Waals surface area contributed by atoms with E-state index in [1.807, 2.05) is 0 Å². The Morgan fingerprint density at radius 3 is 2.71 bits per heavy atom. The average Bonchev–Trinajstić information content (AvgIpc) is 2.86. The number of aromatic nitrogens is 1. The van der Waals surface area contributed by atoms with Crippen molar-refractivity contribution in [2.45, 2.75) is 13.3 Å². The number of phenolic OH excluding ortho intramolecular Hbond substituents is 1. The fourth-order valence-corrected chi connectivity index (χ4v) is 2.29. The van der Waals surface area contributed by atoms with Gasteiger partial charge >= 0.3 is 5.97 Å². The van der Waals surface area contributed by atoms with Crippen LogP contribution in [0.25, 0.3) is 0 Å². The summed E-state index contributed by atoms with van der Waals surface area (Å²) in [6, 6.07) is 5.89. The van der Waals surface area contributed by atoms with E-state index >= 15 is 0 Å². The fourth-order valence-electron chi connectivity index (χ4n) is 1.59. The molecule has 2 aromatic rings. The van der Waals surface area contributed by atoms with Gasteiger partial charge in [0.25, 0.3) is 5.91 Å². The number of hydrogen-bond acceptors (Lipinski definition) is 6. The minimum absolute atomic E-state index is 0.0828. The molecular weight excluding hydrogens is 292 g/mol. The standard InChI is InChI=1S/C14H14N2O4S/c1-2-20-12(18)7-10-8-21-14(15-10)16-13(19)9-3-5-11(17)6-4-9/h3-6,8,17H,2,7H2,1H3,(H,15,16,19). The van der Waals surface area contributed by atoms with Crippen LogP contribution in [0, 0.1) is 0 Å². The van der Waals surface area contributed by atoms with Crippen LogP contribution >= 0.6 is 11.3 Å². The van der Waals surface area contributed by atoms with Crippen LogP contribution in [0.2, 0.25) is 0 Å². The van der Waals surface area contributed by atoms with Gasteiger partial charge in [-0.2, -0.15) is 0 Å². The Morgan fingerprint density at radius 2 is 2.05 bits per heavy atom. The lowest BCUT2D eigenvalue weighted by Crippen LogP contribution is -2.12. The second-order valence-electron chi connectivity index (χ2n) is 4.13. The van der Waals surface area contributed by atoms with Crippen molar-refractivity contribution < 1.29 is 19.4 Å². The second-order valence-corrected chi connectivity index (χ2v) is 4.98. The molecule has 6 nitrogen and oxygen atoms in total. The van der Waals surface area contributed by atoms with Gasteiger partial charge in [0.2, 0.25) is 0 Å². The number of rotatable bonds is 5. The first-order valence-electron chi connectivity index (χ1n) is 6.29. The Bertz CT molecular complexity index is 637. The highest BCUT2D eigenvalue weighted by Crippen LogP contribution is 2.18. The molecule has 0 spiro atoms. The number of amides is 1. The Morgan fingerprint density at radius 1 is 1.33 bits per heavy atom. The van der Waals surface area contributed by atoms with Gasteiger partial charge in [0.05, 0.1) is 18.7 Å². The molecule has 0 saturated carbocycles. The topological polar surface area (TPSA) is 88.5 Å². The fraction of sp³-hybridized carbons (Fsp3) is 0.214. The number of carbonyl (C=O) groups excluding carboxylic acids is 2. The maximum atomic E-state index is 11.9. The number of carbonyl (C=O) groups is 2. The number of phenols is 1. The molecule has 110 valence electrons. The van der Waals surface area contributed by atoms with Crippen LogP contribution in [-0.4, -0.2) is 28.6 Å². The van der Waals surface area contributed by atoms with Crippen LogP contribution in [0.1, 0.15) is 23.0 Å². The molecule has 0 saturated heterocycles. The molecule has 0 fully saturated rings. The van der Waals surface area contributed by atoms with Crippen molar-refractivity contribution in [3.05, 3.63) is 40.9 Å². The summed E-state index contributed by atoms with van der Waals surface area (Å²) in [5, 5.41) is 13.9. The summed E-state index contributed by atoms with van der Waals surface area (Å²) < 4.78 is 4.83. The lowest BCUT2D eigenvalue weighted by Gasteiger charge is -2.01. The summed E-state index contributed by atoms with van der Waals surface area (Å²) in [6.45, 7) is 2.07. The molecule has 1 aromatic heterocycles. The maximum Gasteiger partial charge on any atom is 0.311 e. The number of nitrogens with zero attached hydrogens (tertiary/aromatic N) is 1. The molecule has 0 bridgehead atoms. The van der Waals surface area contributed by atoms with Crippen molar-refractivity contribution in [3.8, 4) is 5.75 Å². The quantitative estimate of drug-likeness (QED) is 0.827. The van der Waals surface area contributed by atoms with Crippen molar-refractivity contribution in [1.82, 2.24) is 4.98 Å². The molecule has 1 amide bonds. The van der Waals surface area contributed by atoms with Gasteiger partial charge in [-0.1, -0.05) is 0 Å². The van der Waals surface area contributed by atoms with Crippen molar-refractivity contribution in [3.63, 3.8) is 0 Å². The summed E-state index contributed by atoms with van der Waals surface area (Å²) >= 11 is 1.24. The third-order valence-electron chi connectivity index (χ3n) is 2.53. The van der Waals surface area contributed by atoms with Crippen LogP contribution in [0.3, 0.4) is 0 Å². The van der Waals surface area contributed by atoms with Crippen LogP contribution < -0.4 is 5.32 Å². The van der Waals surface area contributed by atoms with E-state index < -0.39 is 0 Å². The summed E-state index contributed by atoms with van der Waals surface area (Å²) in [5.74, 6) is -0.580. The zero-order valence-electron chi connectivity index (χ0n) is 11.3. The molecule has 0 aliphatic heterocycles. The van der Waals surface area contributed by atoms with Gasteiger partial charge in [0.1, 0.15) is 5.75 Å². The first kappa shape index (κ1) is 15.0. The van der Waals surface area contributed by atoms with Crippen LogP contribution in [-0.2, 0) is 16.0 Å². The zero-order valence-corrected chi connectivity index (χ0v) is 12.1. The Hall–Kier alpha value is -2.41. The van der Waals surface area contributed by atoms with E-state index in [1.54, 1.807) is 12.3 Å². The number of nitrogens with one attached hydrogen (secondary N) is 1. The normalized spacial score (nSPS) is 10.1. The van der Waals surface area contributed by atoms with Gasteiger partial charge < -0.3 is 9.84 Å². The molecule has 21 heavy (non-hydrogen) atoms. The van der Waals surface area contributed by atoms with Gasteiger partial charge in [-0.05, 0) is 31.2 Å². The molecular formula is C14H14N2O4S. The summed E-state index contributed by atoms with van der Waals surface area (Å²) in [4.78, 5) is 27.4. The van der Waals surface area contributed by atoms with Crippen molar-refractivity contribution >= 4 is 28.3 Å². The minimum Gasteiger partial charge on any atom is -0.508 e. The first-order valence-corrected chi connectivity index (χ1v) is 7.17. The Kier molecular flexibility index (Phi) is 4.89. The zero-order chi connectivity index (χ0) is 15.2. The van der Waals surface area contributed by atoms with Crippen LogP contribution in [0.15, 0.2) is 29.6 Å². The Labute approximate surface area is 125 Å². The number of benzene rings is 1. The van der Waals surface area contributed by atoms with Gasteiger partial charge in [-0.15, -0.1) is 11.3 Å². The highest BCUT2D eigenvalue weighted by atomic mass is 32.1. The molecule has 0 aliphatic carbocycles. The number of thiazole rings is 1.